The number of phenols is 1. The van der Waals surface area contributed by atoms with Crippen LogP contribution in [0.5, 0.6) is 5.75 Å². The Morgan fingerprint density at radius 1 is 0.833 bits per heavy atom. The van der Waals surface area contributed by atoms with Gasteiger partial charge >= 0.3 is 0 Å². The van der Waals surface area contributed by atoms with Crippen molar-refractivity contribution in [1.29, 1.82) is 0 Å². The van der Waals surface area contributed by atoms with E-state index in [4.69, 9.17) is 4.42 Å². The van der Waals surface area contributed by atoms with E-state index in [1.165, 1.54) is 12.3 Å². The number of nitrogens with one attached hydrogen (secondary N) is 2. The smallest absolute Gasteiger partial charge is 0.291 e. The Balaban J connectivity index is 1.67. The molecule has 1 aromatic heterocycles. The van der Waals surface area contributed by atoms with E-state index in [9.17, 15) is 14.7 Å². The monoisotopic (exact) mass is 322 g/mol. The van der Waals surface area contributed by atoms with Crippen LogP contribution < -0.4 is 10.6 Å². The van der Waals surface area contributed by atoms with Crippen molar-refractivity contribution in [3.63, 3.8) is 0 Å². The van der Waals surface area contributed by atoms with Crippen molar-refractivity contribution in [2.45, 2.75) is 0 Å². The highest BCUT2D eigenvalue weighted by molar-refractivity contribution is 6.06. The molecule has 120 valence electrons. The summed E-state index contributed by atoms with van der Waals surface area (Å²) in [7, 11) is 0. The molecule has 0 saturated heterocycles. The number of rotatable bonds is 4. The summed E-state index contributed by atoms with van der Waals surface area (Å²) in [6, 6.07) is 16.0. The largest absolute Gasteiger partial charge is 0.506 e. The molecule has 0 aliphatic carbocycles. The minimum atomic E-state index is -0.369. The zero-order valence-electron chi connectivity index (χ0n) is 12.5. The number of phenolic OH excluding ortho intramolecular Hbond substituents is 1. The van der Waals surface area contributed by atoms with Crippen molar-refractivity contribution in [2.75, 3.05) is 10.6 Å². The van der Waals surface area contributed by atoms with Crippen LogP contribution in [0.1, 0.15) is 20.9 Å². The molecule has 3 aromatic rings. The van der Waals surface area contributed by atoms with Gasteiger partial charge in [0.05, 0.1) is 12.0 Å². The first kappa shape index (κ1) is 15.4. The fraction of sp³-hybridized carbons (Fsp3) is 0. The maximum atomic E-state index is 12.2. The highest BCUT2D eigenvalue weighted by atomic mass is 16.3. The van der Waals surface area contributed by atoms with Gasteiger partial charge in [-0.3, -0.25) is 9.59 Å². The van der Waals surface area contributed by atoms with E-state index in [2.05, 4.69) is 10.6 Å². The van der Waals surface area contributed by atoms with Crippen LogP contribution in [0.3, 0.4) is 0 Å². The molecule has 0 radical (unpaired) electrons. The van der Waals surface area contributed by atoms with Gasteiger partial charge in [0.2, 0.25) is 0 Å². The van der Waals surface area contributed by atoms with Crippen LogP contribution in [0.25, 0.3) is 0 Å². The minimum Gasteiger partial charge on any atom is -0.506 e. The van der Waals surface area contributed by atoms with Crippen molar-refractivity contribution >= 4 is 23.2 Å². The van der Waals surface area contributed by atoms with Crippen molar-refractivity contribution in [3.05, 3.63) is 78.3 Å². The number of para-hydroxylation sites is 2. The first-order valence-electron chi connectivity index (χ1n) is 7.18. The SMILES string of the molecule is O=C(Nc1ccccc1O)c1ccc(NC(=O)c2ccco2)cc1. The van der Waals surface area contributed by atoms with E-state index in [1.807, 2.05) is 0 Å². The number of aromatic hydroxyl groups is 1. The van der Waals surface area contributed by atoms with Gasteiger partial charge < -0.3 is 20.2 Å². The second kappa shape index (κ2) is 6.70. The summed E-state index contributed by atoms with van der Waals surface area (Å²) >= 11 is 0. The predicted octanol–water partition coefficient (Wildman–Crippen LogP) is 3.49. The first-order valence-corrected chi connectivity index (χ1v) is 7.18. The highest BCUT2D eigenvalue weighted by Crippen LogP contribution is 2.22. The van der Waals surface area contributed by atoms with Crippen LogP contribution in [0.15, 0.2) is 71.3 Å². The van der Waals surface area contributed by atoms with Gasteiger partial charge in [-0.15, -0.1) is 0 Å². The number of benzene rings is 2. The molecule has 0 aliphatic heterocycles. The number of hydrogen-bond acceptors (Lipinski definition) is 4. The van der Waals surface area contributed by atoms with Crippen molar-refractivity contribution in [2.24, 2.45) is 0 Å². The molecule has 0 spiro atoms. The third kappa shape index (κ3) is 3.44. The molecule has 3 rings (SSSR count). The molecule has 0 fully saturated rings. The number of furan rings is 1. The Labute approximate surface area is 137 Å². The number of anilines is 2. The number of carbonyl (C=O) groups is 2. The molecule has 0 unspecified atom stereocenters. The second-order valence-corrected chi connectivity index (χ2v) is 4.98. The van der Waals surface area contributed by atoms with E-state index < -0.39 is 0 Å². The van der Waals surface area contributed by atoms with Gasteiger partial charge in [0.15, 0.2) is 5.76 Å². The van der Waals surface area contributed by atoms with Gasteiger partial charge in [-0.2, -0.15) is 0 Å². The van der Waals surface area contributed by atoms with Gasteiger partial charge in [0.1, 0.15) is 5.75 Å². The number of amides is 2. The summed E-state index contributed by atoms with van der Waals surface area (Å²) in [5.74, 6) is -0.531. The van der Waals surface area contributed by atoms with Crippen LogP contribution in [0.2, 0.25) is 0 Å². The van der Waals surface area contributed by atoms with Crippen LogP contribution in [0.4, 0.5) is 11.4 Å². The van der Waals surface area contributed by atoms with Crippen LogP contribution in [0, 0.1) is 0 Å². The van der Waals surface area contributed by atoms with Gasteiger partial charge in [-0.1, -0.05) is 12.1 Å². The third-order valence-electron chi connectivity index (χ3n) is 3.30. The van der Waals surface area contributed by atoms with Gasteiger partial charge in [-0.05, 0) is 48.5 Å². The molecule has 0 atom stereocenters. The van der Waals surface area contributed by atoms with Gasteiger partial charge in [0, 0.05) is 11.3 Å². The quantitative estimate of drug-likeness (QED) is 0.641. The minimum absolute atomic E-state index is 0.00631. The normalized spacial score (nSPS) is 10.2. The average molecular weight is 322 g/mol. The molecule has 2 aromatic carbocycles. The van der Waals surface area contributed by atoms with E-state index in [-0.39, 0.29) is 23.3 Å². The Hall–Kier alpha value is -3.54. The molecule has 0 aliphatic rings. The lowest BCUT2D eigenvalue weighted by Crippen LogP contribution is -2.13. The lowest BCUT2D eigenvalue weighted by molar-refractivity contribution is 0.0995. The molecule has 1 heterocycles. The Morgan fingerprint density at radius 2 is 1.58 bits per heavy atom. The van der Waals surface area contributed by atoms with Crippen molar-refractivity contribution in [1.82, 2.24) is 0 Å². The van der Waals surface area contributed by atoms with E-state index in [0.29, 0.717) is 16.9 Å². The summed E-state index contributed by atoms with van der Waals surface area (Å²) in [6.45, 7) is 0. The molecule has 3 N–H and O–H groups in total. The Bertz CT molecular complexity index is 855. The molecule has 0 bridgehead atoms. The van der Waals surface area contributed by atoms with Crippen LogP contribution in [-0.2, 0) is 0 Å². The molecule has 0 saturated carbocycles. The Kier molecular flexibility index (Phi) is 4.29. The molecule has 24 heavy (non-hydrogen) atoms. The topological polar surface area (TPSA) is 91.6 Å². The third-order valence-corrected chi connectivity index (χ3v) is 3.30. The Morgan fingerprint density at radius 3 is 2.25 bits per heavy atom. The standard InChI is InChI=1S/C18H14N2O4/c21-15-5-2-1-4-14(15)20-17(22)12-7-9-13(10-8-12)19-18(23)16-6-3-11-24-16/h1-11,21H,(H,19,23)(H,20,22). The molecule has 6 nitrogen and oxygen atoms in total. The van der Waals surface area contributed by atoms with E-state index in [0.717, 1.165) is 0 Å². The number of hydrogen-bond donors (Lipinski definition) is 3. The predicted molar refractivity (Wildman–Crippen MR) is 89.2 cm³/mol. The summed E-state index contributed by atoms with van der Waals surface area (Å²) in [6.07, 6.45) is 1.42. The summed E-state index contributed by atoms with van der Waals surface area (Å²) < 4.78 is 5.01. The maximum Gasteiger partial charge on any atom is 0.291 e. The second-order valence-electron chi connectivity index (χ2n) is 4.98. The summed E-state index contributed by atoms with van der Waals surface area (Å²) in [5, 5.41) is 15.0. The van der Waals surface area contributed by atoms with Crippen LogP contribution >= 0.6 is 0 Å². The molecular weight excluding hydrogens is 308 g/mol. The first-order chi connectivity index (χ1) is 11.6. The summed E-state index contributed by atoms with van der Waals surface area (Å²) in [5.41, 5.74) is 1.27. The fourth-order valence-electron chi connectivity index (χ4n) is 2.08. The molecule has 2 amide bonds. The lowest BCUT2D eigenvalue weighted by Gasteiger charge is -2.08. The molecular formula is C18H14N2O4. The average Bonchev–Trinajstić information content (AvgIpc) is 3.12. The van der Waals surface area contributed by atoms with Gasteiger partial charge in [-0.25, -0.2) is 0 Å². The lowest BCUT2D eigenvalue weighted by atomic mass is 10.2. The van der Waals surface area contributed by atoms with E-state index in [1.54, 1.807) is 54.6 Å². The summed E-state index contributed by atoms with van der Waals surface area (Å²) in [4.78, 5) is 24.0. The number of carbonyl (C=O) groups excluding carboxylic acids is 2. The van der Waals surface area contributed by atoms with Crippen molar-refractivity contribution < 1.29 is 19.1 Å². The molecule has 6 heteroatoms. The fourth-order valence-corrected chi connectivity index (χ4v) is 2.08. The van der Waals surface area contributed by atoms with Crippen LogP contribution in [-0.4, -0.2) is 16.9 Å². The highest BCUT2D eigenvalue weighted by Gasteiger charge is 2.11. The maximum absolute atomic E-state index is 12.2. The van der Waals surface area contributed by atoms with Gasteiger partial charge in [0.25, 0.3) is 11.8 Å². The van der Waals surface area contributed by atoms with E-state index >= 15 is 0 Å². The zero-order chi connectivity index (χ0) is 16.9. The zero-order valence-corrected chi connectivity index (χ0v) is 12.5. The van der Waals surface area contributed by atoms with Crippen molar-refractivity contribution in [3.8, 4) is 5.75 Å².